The second-order valence-corrected chi connectivity index (χ2v) is 17.7. The minimum atomic E-state index is -6.86. The van der Waals surface area contributed by atoms with Crippen LogP contribution in [0.1, 0.15) is 11.1 Å². The summed E-state index contributed by atoms with van der Waals surface area (Å²) in [6, 6.07) is 0. The van der Waals surface area contributed by atoms with Gasteiger partial charge in [-0.05, 0) is 0 Å². The Morgan fingerprint density at radius 2 is 0.613 bits per heavy atom. The molecular formula is C14Cl2F14Te. The van der Waals surface area contributed by atoms with Crippen LogP contribution >= 0.6 is 17.9 Å². The van der Waals surface area contributed by atoms with E-state index in [-0.39, 0.29) is 0 Å². The summed E-state index contributed by atoms with van der Waals surface area (Å²) in [6.45, 7) is 0. The van der Waals surface area contributed by atoms with Crippen molar-refractivity contribution >= 4 is 41.1 Å². The zero-order valence-corrected chi connectivity index (χ0v) is 17.3. The molecule has 0 N–H and O–H groups in total. The van der Waals surface area contributed by atoms with Gasteiger partial charge in [0.25, 0.3) is 0 Å². The number of hydrogen-bond acceptors (Lipinski definition) is 0. The van der Waals surface area contributed by atoms with E-state index in [0.717, 1.165) is 0 Å². The van der Waals surface area contributed by atoms with Gasteiger partial charge < -0.3 is 0 Å². The predicted octanol–water partition coefficient (Wildman–Crippen LogP) is 5.87. The first-order valence-electron chi connectivity index (χ1n) is 6.86. The van der Waals surface area contributed by atoms with Crippen molar-refractivity contribution in [2.75, 3.05) is 0 Å². The fraction of sp³-hybridized carbons (Fsp3) is 0.143. The summed E-state index contributed by atoms with van der Waals surface area (Å²) in [7, 11) is 10.8. The van der Waals surface area contributed by atoms with Gasteiger partial charge in [-0.3, -0.25) is 0 Å². The van der Waals surface area contributed by atoms with Gasteiger partial charge in [0.1, 0.15) is 0 Å². The molecule has 0 radical (unpaired) electrons. The van der Waals surface area contributed by atoms with E-state index in [1.54, 1.807) is 0 Å². The van der Waals surface area contributed by atoms with Crippen LogP contribution in [-0.4, -0.2) is 15.9 Å². The second-order valence-electron chi connectivity index (χ2n) is 5.38. The fourth-order valence-corrected chi connectivity index (χ4v) is 10.1. The van der Waals surface area contributed by atoms with Gasteiger partial charge in [-0.25, -0.2) is 0 Å². The molecule has 31 heavy (non-hydrogen) atoms. The molecule has 0 atom stereocenters. The van der Waals surface area contributed by atoms with Crippen molar-refractivity contribution in [3.63, 3.8) is 0 Å². The summed E-state index contributed by atoms with van der Waals surface area (Å²) < 4.78 is 182. The molecule has 2 aromatic carbocycles. The monoisotopic (exact) mass is 634 g/mol. The van der Waals surface area contributed by atoms with E-state index in [9.17, 15) is 61.5 Å². The van der Waals surface area contributed by atoms with Crippen LogP contribution < -0.4 is 7.22 Å². The zero-order valence-electron chi connectivity index (χ0n) is 13.5. The van der Waals surface area contributed by atoms with Gasteiger partial charge in [0.15, 0.2) is 0 Å². The Labute approximate surface area is 172 Å². The number of halogens is 16. The van der Waals surface area contributed by atoms with E-state index < -0.39 is 93.2 Å². The summed E-state index contributed by atoms with van der Waals surface area (Å²) in [6.07, 6.45) is -12.1. The topological polar surface area (TPSA) is 0 Å². The Balaban J connectivity index is 3.00. The molecule has 0 fully saturated rings. The van der Waals surface area contributed by atoms with Gasteiger partial charge in [-0.2, -0.15) is 0 Å². The zero-order chi connectivity index (χ0) is 24.4. The number of hydrogen-bond donors (Lipinski definition) is 0. The first kappa shape index (κ1) is 26.1. The number of benzene rings is 2. The van der Waals surface area contributed by atoms with E-state index >= 15 is 0 Å². The van der Waals surface area contributed by atoms with Crippen molar-refractivity contribution in [1.82, 2.24) is 0 Å². The normalized spacial score (nSPS) is 13.7. The minimum absolute atomic E-state index is 2.44. The van der Waals surface area contributed by atoms with Crippen molar-refractivity contribution in [2.45, 2.75) is 12.4 Å². The summed E-state index contributed by atoms with van der Waals surface area (Å²) in [4.78, 5) is 0. The van der Waals surface area contributed by atoms with E-state index in [0.29, 0.717) is 0 Å². The molecule has 2 aromatic rings. The molecule has 2 rings (SSSR count). The molecule has 0 nitrogen and oxygen atoms in total. The van der Waals surface area contributed by atoms with Crippen LogP contribution in [-0.2, 0) is 12.4 Å². The van der Waals surface area contributed by atoms with Gasteiger partial charge in [0.2, 0.25) is 0 Å². The Hall–Kier alpha value is -1.17. The maximum atomic E-state index is 14.1. The molecule has 0 bridgehead atoms. The van der Waals surface area contributed by atoms with Crippen molar-refractivity contribution in [2.24, 2.45) is 0 Å². The van der Waals surface area contributed by atoms with Crippen LogP contribution in [0.4, 0.5) is 61.5 Å². The van der Waals surface area contributed by atoms with Crippen molar-refractivity contribution in [1.29, 1.82) is 0 Å². The fourth-order valence-electron chi connectivity index (χ4n) is 2.27. The Bertz CT molecular complexity index is 931. The Kier molecular flexibility index (Phi) is 6.73. The van der Waals surface area contributed by atoms with Crippen LogP contribution in [0.2, 0.25) is 0 Å². The SMILES string of the molecule is Fc1c(F)c([Te](Cl)(Cl)c2c(F)c(F)c(C(F)(F)F)c(F)c2F)c(F)c(F)c1C(F)(F)F. The number of alkyl halides is 6. The molecular weight excluding hydrogens is 633 g/mol. The predicted molar refractivity (Wildman–Crippen MR) is 79.3 cm³/mol. The van der Waals surface area contributed by atoms with E-state index in [1.165, 1.54) is 0 Å². The quantitative estimate of drug-likeness (QED) is 0.221. The Morgan fingerprint density at radius 1 is 0.419 bits per heavy atom. The molecule has 0 aromatic heterocycles. The molecule has 0 aliphatic carbocycles. The third-order valence-corrected chi connectivity index (χ3v) is 12.6. The first-order valence-corrected chi connectivity index (χ1v) is 15.1. The van der Waals surface area contributed by atoms with Crippen molar-refractivity contribution in [3.05, 3.63) is 57.7 Å². The first-order chi connectivity index (χ1) is 13.8. The van der Waals surface area contributed by atoms with Crippen LogP contribution in [0.25, 0.3) is 0 Å². The molecule has 0 heterocycles. The van der Waals surface area contributed by atoms with Gasteiger partial charge in [0.05, 0.1) is 0 Å². The van der Waals surface area contributed by atoms with E-state index in [4.69, 9.17) is 17.9 Å². The maximum absolute atomic E-state index is 14.1. The summed E-state index contributed by atoms with van der Waals surface area (Å²) >= 11 is -6.86. The molecule has 17 heteroatoms. The average Bonchev–Trinajstić information content (AvgIpc) is 2.56. The van der Waals surface area contributed by atoms with Crippen LogP contribution in [0.15, 0.2) is 0 Å². The molecule has 174 valence electrons. The summed E-state index contributed by atoms with van der Waals surface area (Å²) in [5, 5.41) is 0. The molecule has 0 saturated carbocycles. The molecule has 0 amide bonds. The van der Waals surface area contributed by atoms with Crippen molar-refractivity contribution < 1.29 is 61.5 Å². The van der Waals surface area contributed by atoms with E-state index in [1.807, 2.05) is 0 Å². The van der Waals surface area contributed by atoms with Gasteiger partial charge in [-0.15, -0.1) is 0 Å². The van der Waals surface area contributed by atoms with Gasteiger partial charge in [-0.1, -0.05) is 0 Å². The number of rotatable bonds is 2. The Morgan fingerprint density at radius 3 is 0.774 bits per heavy atom. The summed E-state index contributed by atoms with van der Waals surface area (Å²) in [5.41, 5.74) is -6.27. The van der Waals surface area contributed by atoms with Gasteiger partial charge in [0, 0.05) is 0 Å². The van der Waals surface area contributed by atoms with Crippen LogP contribution in [0, 0.1) is 46.5 Å². The van der Waals surface area contributed by atoms with E-state index in [2.05, 4.69) is 0 Å². The third kappa shape index (κ3) is 4.14. The van der Waals surface area contributed by atoms with Crippen LogP contribution in [0.3, 0.4) is 0 Å². The molecule has 0 spiro atoms. The molecule has 0 unspecified atom stereocenters. The van der Waals surface area contributed by atoms with Crippen LogP contribution in [0.5, 0.6) is 0 Å². The average molecular weight is 633 g/mol. The molecule has 0 aliphatic rings. The molecule has 0 aliphatic heterocycles. The van der Waals surface area contributed by atoms with Gasteiger partial charge >= 0.3 is 173 Å². The molecule has 0 saturated heterocycles. The third-order valence-electron chi connectivity index (χ3n) is 3.53. The second kappa shape index (κ2) is 8.00. The summed E-state index contributed by atoms with van der Waals surface area (Å²) in [5.74, 6) is -24.8. The van der Waals surface area contributed by atoms with Crippen molar-refractivity contribution in [3.8, 4) is 0 Å². The standard InChI is InChI=1S/C14Cl2F14Te/c15-31(16,11-7(21)3(17)1(13(25,26)27)4(18)8(11)22)12-9(23)5(19)2(14(28,29)30)6(20)10(12)24.